The van der Waals surface area contributed by atoms with E-state index in [0.29, 0.717) is 0 Å². The molecule has 9 N–H and O–H groups in total. The van der Waals surface area contributed by atoms with E-state index in [-0.39, 0.29) is 5.56 Å². The van der Waals surface area contributed by atoms with Crippen molar-refractivity contribution in [3.05, 3.63) is 32.6 Å². The smallest absolute Gasteiger partial charge is 0.394 e. The van der Waals surface area contributed by atoms with Gasteiger partial charge in [0, 0.05) is 11.8 Å². The number of aromatic nitrogens is 2. The zero-order valence-electron chi connectivity index (χ0n) is 20.3. The van der Waals surface area contributed by atoms with Crippen LogP contribution in [0.1, 0.15) is 11.8 Å². The van der Waals surface area contributed by atoms with Crippen LogP contribution in [0.2, 0.25) is 0 Å². The molecule has 0 amide bonds. The van der Waals surface area contributed by atoms with E-state index in [2.05, 4.69) is 16.6 Å². The number of aromatic amines is 1. The molecule has 3 aliphatic rings. The van der Waals surface area contributed by atoms with Gasteiger partial charge in [-0.3, -0.25) is 23.4 Å². The first-order chi connectivity index (χ1) is 18.4. The number of hydrogen-bond donors (Lipinski definition) is 10. The molecule has 2 aliphatic heterocycles. The number of thiol groups is 1. The summed E-state index contributed by atoms with van der Waals surface area (Å²) in [6.07, 6.45) is -12.7. The number of ether oxygens (including phenoxy) is 2. The zero-order chi connectivity index (χ0) is 29.9. The lowest BCUT2D eigenvalue weighted by Crippen LogP contribution is -2.64. The first kappa shape index (κ1) is 31.9. The Balaban J connectivity index is 1.37. The van der Waals surface area contributed by atoms with E-state index in [9.17, 15) is 54.3 Å². The minimum absolute atomic E-state index is 0.0881. The molecule has 0 radical (unpaired) electrons. The van der Waals surface area contributed by atoms with Gasteiger partial charge in [-0.25, -0.2) is 13.9 Å². The molecular formula is C18H28N2O17P2S. The maximum Gasteiger partial charge on any atom is 0.482 e. The van der Waals surface area contributed by atoms with E-state index in [1.807, 2.05) is 4.98 Å². The van der Waals surface area contributed by atoms with Crippen LogP contribution in [0.4, 0.5) is 0 Å². The molecule has 228 valence electrons. The van der Waals surface area contributed by atoms with Gasteiger partial charge in [-0.2, -0.15) is 4.31 Å². The van der Waals surface area contributed by atoms with Crippen molar-refractivity contribution in [3.8, 4) is 0 Å². The molecule has 0 aromatic carbocycles. The fraction of sp³-hybridized carbons (Fsp3) is 0.778. The van der Waals surface area contributed by atoms with E-state index in [1.165, 1.54) is 6.92 Å². The Labute approximate surface area is 228 Å². The lowest BCUT2D eigenvalue weighted by atomic mass is 9.86. The van der Waals surface area contributed by atoms with E-state index >= 15 is 0 Å². The molecule has 19 nitrogen and oxygen atoms in total. The van der Waals surface area contributed by atoms with Crippen LogP contribution in [-0.2, 0) is 32.0 Å². The number of aryl methyl sites for hydroxylation is 1. The van der Waals surface area contributed by atoms with E-state index in [4.69, 9.17) is 23.6 Å². The van der Waals surface area contributed by atoms with Crippen molar-refractivity contribution >= 4 is 26.9 Å². The summed E-state index contributed by atoms with van der Waals surface area (Å²) >= 11 is 3.55. The third-order valence-electron chi connectivity index (χ3n) is 6.84. The van der Waals surface area contributed by atoms with Crippen LogP contribution in [0.5, 0.6) is 0 Å². The van der Waals surface area contributed by atoms with Gasteiger partial charge in [0.05, 0.1) is 43.4 Å². The van der Waals surface area contributed by atoms with Crippen molar-refractivity contribution in [1.82, 2.24) is 9.55 Å². The molecule has 1 saturated carbocycles. The van der Waals surface area contributed by atoms with Gasteiger partial charge < -0.3 is 50.1 Å². The van der Waals surface area contributed by atoms with Gasteiger partial charge in [-0.05, 0) is 6.92 Å². The lowest BCUT2D eigenvalue weighted by molar-refractivity contribution is -0.427. The standard InChI is InChI=1S/C18H28N2O17P2S/c1-5-2-20(17(28)19-14(5)27)15-13(26)10(23)7(34-15)4-33-39(32,40)37-38(30,31)36-16-9-12(25)11(24)8(6(22)3-21)18(9,29)35-16/h2,6-13,15-16,21-26,29H,3-4H2,1H3,(H,30,31)(H,32,40)(H,19,27,28)/t6-,7+,8?,9?,10+,11?,12?,13+,15+,16?,18?,39?/m0/s1. The topological polar surface area (TPSA) is 297 Å². The van der Waals surface area contributed by atoms with E-state index in [1.54, 1.807) is 0 Å². The highest BCUT2D eigenvalue weighted by Gasteiger charge is 2.73. The summed E-state index contributed by atoms with van der Waals surface area (Å²) < 4.78 is 50.2. The van der Waals surface area contributed by atoms with Crippen molar-refractivity contribution in [3.63, 3.8) is 0 Å². The summed E-state index contributed by atoms with van der Waals surface area (Å²) in [7, 11) is -5.41. The van der Waals surface area contributed by atoms with Crippen molar-refractivity contribution < 1.29 is 72.6 Å². The molecule has 40 heavy (non-hydrogen) atoms. The number of hydrogen-bond acceptors (Lipinski definition) is 16. The highest BCUT2D eigenvalue weighted by Crippen LogP contribution is 2.68. The number of nitrogens with zero attached hydrogens (tertiary/aromatic N) is 1. The predicted molar refractivity (Wildman–Crippen MR) is 128 cm³/mol. The fourth-order valence-corrected chi connectivity index (χ4v) is 8.07. The predicted octanol–water partition coefficient (Wildman–Crippen LogP) is -3.98. The number of aliphatic hydroxyl groups excluding tert-OH is 6. The van der Waals surface area contributed by atoms with Crippen molar-refractivity contribution in [2.24, 2.45) is 11.8 Å². The summed E-state index contributed by atoms with van der Waals surface area (Å²) in [5, 5.41) is 70.4. The maximum absolute atomic E-state index is 12.6. The maximum atomic E-state index is 12.6. The largest absolute Gasteiger partial charge is 0.482 e. The van der Waals surface area contributed by atoms with E-state index < -0.39 is 106 Å². The SMILES string of the molecule is Cc1cn([C@@H]2O[C@H](COP(=O)(S)OP(=O)(O)OC3OC4(O)C3C(O)C(O)C4[C@@H](O)CO)[C@@H](O)[C@H]2O)c(=O)[nH]c1=O. The molecule has 4 rings (SSSR count). The highest BCUT2D eigenvalue weighted by molar-refractivity contribution is 8.45. The molecule has 3 fully saturated rings. The zero-order valence-corrected chi connectivity index (χ0v) is 23.0. The van der Waals surface area contributed by atoms with Crippen LogP contribution in [0.25, 0.3) is 0 Å². The van der Waals surface area contributed by atoms with Crippen molar-refractivity contribution in [1.29, 1.82) is 0 Å². The third kappa shape index (κ3) is 5.78. The van der Waals surface area contributed by atoms with Gasteiger partial charge in [0.15, 0.2) is 18.3 Å². The second kappa shape index (κ2) is 11.2. The number of H-pyrrole nitrogens is 1. The Morgan fingerprint density at radius 1 is 1.18 bits per heavy atom. The summed E-state index contributed by atoms with van der Waals surface area (Å²) in [5.41, 5.74) is -1.56. The molecule has 0 bridgehead atoms. The first-order valence-electron chi connectivity index (χ1n) is 11.5. The monoisotopic (exact) mass is 638 g/mol. The Bertz CT molecular complexity index is 1330. The average molecular weight is 638 g/mol. The van der Waals surface area contributed by atoms with Crippen LogP contribution >= 0.6 is 26.9 Å². The lowest BCUT2D eigenvalue weighted by Gasteiger charge is -2.49. The molecule has 22 heteroatoms. The summed E-state index contributed by atoms with van der Waals surface area (Å²) in [6.45, 7) is -5.22. The molecule has 0 spiro atoms. The van der Waals surface area contributed by atoms with Crippen LogP contribution < -0.4 is 11.2 Å². The molecule has 1 aromatic heterocycles. The summed E-state index contributed by atoms with van der Waals surface area (Å²) in [4.78, 5) is 35.7. The molecule has 1 aliphatic carbocycles. The number of nitrogens with one attached hydrogen (secondary N) is 1. The molecule has 1 aromatic rings. The molecule has 2 saturated heterocycles. The van der Waals surface area contributed by atoms with Crippen LogP contribution in [0.3, 0.4) is 0 Å². The quantitative estimate of drug-likeness (QED) is 0.0863. The molecule has 13 atom stereocenters. The second-order valence-electron chi connectivity index (χ2n) is 9.47. The van der Waals surface area contributed by atoms with Crippen LogP contribution in [0.15, 0.2) is 15.8 Å². The van der Waals surface area contributed by atoms with Gasteiger partial charge in [-0.1, -0.05) is 12.2 Å². The minimum atomic E-state index is -5.41. The van der Waals surface area contributed by atoms with Crippen LogP contribution in [0, 0.1) is 18.8 Å². The van der Waals surface area contributed by atoms with Gasteiger partial charge >= 0.3 is 20.3 Å². The van der Waals surface area contributed by atoms with Gasteiger partial charge in [0.2, 0.25) is 0 Å². The fourth-order valence-electron chi connectivity index (χ4n) is 4.88. The van der Waals surface area contributed by atoms with Crippen LogP contribution in [-0.4, -0.2) is 112 Å². The number of phosphoric acid groups is 1. The third-order valence-corrected chi connectivity index (χ3v) is 10.4. The summed E-state index contributed by atoms with van der Waals surface area (Å²) in [5.74, 6) is -5.66. The number of rotatable bonds is 10. The Morgan fingerprint density at radius 2 is 1.82 bits per heavy atom. The number of aliphatic hydroxyl groups is 7. The van der Waals surface area contributed by atoms with E-state index in [0.717, 1.165) is 10.8 Å². The number of phosphoric ester groups is 1. The highest BCUT2D eigenvalue weighted by atomic mass is 32.7. The Kier molecular flexibility index (Phi) is 8.96. The van der Waals surface area contributed by atoms with Crippen molar-refractivity contribution in [2.75, 3.05) is 13.2 Å². The van der Waals surface area contributed by atoms with Gasteiger partial charge in [0.1, 0.15) is 18.3 Å². The van der Waals surface area contributed by atoms with Gasteiger partial charge in [0.25, 0.3) is 5.56 Å². The summed E-state index contributed by atoms with van der Waals surface area (Å²) in [6, 6.07) is 0. The van der Waals surface area contributed by atoms with Crippen molar-refractivity contribution in [2.45, 2.75) is 61.9 Å². The molecule has 8 unspecified atom stereocenters. The normalized spacial score (nSPS) is 41.1. The Hall–Kier alpha value is -1.03. The second-order valence-corrected chi connectivity index (χ2v) is 13.9. The number of fused-ring (bicyclic) bond motifs is 1. The minimum Gasteiger partial charge on any atom is -0.394 e. The van der Waals surface area contributed by atoms with Gasteiger partial charge in [-0.15, -0.1) is 0 Å². The Morgan fingerprint density at radius 3 is 2.45 bits per heavy atom. The molecular weight excluding hydrogens is 610 g/mol. The average Bonchev–Trinajstić information content (AvgIpc) is 3.19. The molecule has 3 heterocycles. The first-order valence-corrected chi connectivity index (χ1v) is 15.7.